The number of benzene rings is 1. The van der Waals surface area contributed by atoms with Crippen molar-refractivity contribution in [1.29, 1.82) is 0 Å². The number of halogens is 2. The number of hydrogen-bond donors (Lipinski definition) is 1. The minimum absolute atomic E-state index is 0.150. The fraction of sp³-hybridized carbons (Fsp3) is 0.647. The maximum Gasteiger partial charge on any atom is 0.124 e. The number of rotatable bonds is 6. The summed E-state index contributed by atoms with van der Waals surface area (Å²) in [5.41, 5.74) is 1.09. The third-order valence-corrected chi connectivity index (χ3v) is 4.94. The predicted octanol–water partition coefficient (Wildman–Crippen LogP) is 4.94. The third-order valence-electron chi connectivity index (χ3n) is 4.48. The lowest BCUT2D eigenvalue weighted by Gasteiger charge is -2.28. The van der Waals surface area contributed by atoms with Crippen LogP contribution in [0.25, 0.3) is 0 Å². The number of nitrogens with one attached hydrogen (secondary N) is 1. The van der Waals surface area contributed by atoms with Crippen LogP contribution in [-0.4, -0.2) is 12.6 Å². The van der Waals surface area contributed by atoms with Crippen LogP contribution in [0.1, 0.15) is 45.1 Å². The van der Waals surface area contributed by atoms with Crippen molar-refractivity contribution in [3.05, 3.63) is 34.1 Å². The van der Waals surface area contributed by atoms with Crippen LogP contribution < -0.4 is 5.32 Å². The molecule has 0 aliphatic heterocycles. The largest absolute Gasteiger partial charge is 0.313 e. The molecule has 0 bridgehead atoms. The van der Waals surface area contributed by atoms with Crippen LogP contribution in [0.4, 0.5) is 4.39 Å². The molecule has 0 radical (unpaired) electrons. The van der Waals surface area contributed by atoms with Gasteiger partial charge in [0.2, 0.25) is 0 Å². The van der Waals surface area contributed by atoms with Crippen LogP contribution in [0.3, 0.4) is 0 Å². The Labute approximate surface area is 130 Å². The lowest BCUT2D eigenvalue weighted by Crippen LogP contribution is -2.39. The Bertz CT molecular complexity index is 415. The van der Waals surface area contributed by atoms with Crippen molar-refractivity contribution in [2.75, 3.05) is 6.54 Å². The zero-order valence-electron chi connectivity index (χ0n) is 12.5. The van der Waals surface area contributed by atoms with Crippen LogP contribution in [0.15, 0.2) is 22.7 Å². The van der Waals surface area contributed by atoms with E-state index >= 15 is 0 Å². The average Bonchev–Trinajstić information content (AvgIpc) is 2.79. The molecule has 3 heteroatoms. The standard InChI is InChI=1S/C17H25BrFN/c1-3-7-20-17(16-6-4-5-12(16)2)10-13-8-14(18)11-15(19)9-13/h8-9,11-12,16-17,20H,3-7,10H2,1-2H3. The van der Waals surface area contributed by atoms with E-state index in [2.05, 4.69) is 35.1 Å². The van der Waals surface area contributed by atoms with Gasteiger partial charge in [-0.05, 0) is 61.4 Å². The SMILES string of the molecule is CCCNC(Cc1cc(F)cc(Br)c1)C1CCCC1C. The highest BCUT2D eigenvalue weighted by molar-refractivity contribution is 9.10. The molecule has 0 spiro atoms. The number of hydrogen-bond acceptors (Lipinski definition) is 1. The Hall–Kier alpha value is -0.410. The van der Waals surface area contributed by atoms with Crippen molar-refractivity contribution in [2.45, 2.75) is 52.0 Å². The highest BCUT2D eigenvalue weighted by atomic mass is 79.9. The molecule has 112 valence electrons. The van der Waals surface area contributed by atoms with E-state index in [0.717, 1.165) is 41.3 Å². The van der Waals surface area contributed by atoms with Crippen molar-refractivity contribution in [3.63, 3.8) is 0 Å². The van der Waals surface area contributed by atoms with Gasteiger partial charge in [0.05, 0.1) is 0 Å². The highest BCUT2D eigenvalue weighted by Gasteiger charge is 2.30. The van der Waals surface area contributed by atoms with Gasteiger partial charge in [-0.25, -0.2) is 4.39 Å². The molecule has 0 heterocycles. The molecule has 0 amide bonds. The van der Waals surface area contributed by atoms with E-state index in [1.807, 2.05) is 6.07 Å². The zero-order valence-corrected chi connectivity index (χ0v) is 14.0. The van der Waals surface area contributed by atoms with Gasteiger partial charge < -0.3 is 5.32 Å². The molecule has 3 unspecified atom stereocenters. The first-order valence-electron chi connectivity index (χ1n) is 7.78. The molecule has 20 heavy (non-hydrogen) atoms. The van der Waals surface area contributed by atoms with Crippen molar-refractivity contribution in [2.24, 2.45) is 11.8 Å². The van der Waals surface area contributed by atoms with Gasteiger partial charge in [-0.2, -0.15) is 0 Å². The fourth-order valence-corrected chi connectivity index (χ4v) is 3.97. The Morgan fingerprint density at radius 3 is 2.75 bits per heavy atom. The zero-order chi connectivity index (χ0) is 14.5. The lowest BCUT2D eigenvalue weighted by molar-refractivity contribution is 0.295. The highest BCUT2D eigenvalue weighted by Crippen LogP contribution is 2.35. The van der Waals surface area contributed by atoms with E-state index < -0.39 is 0 Å². The van der Waals surface area contributed by atoms with E-state index in [0.29, 0.717) is 6.04 Å². The Balaban J connectivity index is 2.09. The average molecular weight is 342 g/mol. The van der Waals surface area contributed by atoms with Crippen molar-refractivity contribution in [3.8, 4) is 0 Å². The summed E-state index contributed by atoms with van der Waals surface area (Å²) in [5, 5.41) is 3.69. The van der Waals surface area contributed by atoms with Crippen LogP contribution in [0.5, 0.6) is 0 Å². The molecular formula is C17H25BrFN. The summed E-state index contributed by atoms with van der Waals surface area (Å²) in [6, 6.07) is 5.71. The van der Waals surface area contributed by atoms with Crippen LogP contribution in [0, 0.1) is 17.7 Å². The molecule has 1 nitrogen and oxygen atoms in total. The Kier molecular flexibility index (Phi) is 6.03. The summed E-state index contributed by atoms with van der Waals surface area (Å²) in [6.07, 6.45) is 6.04. The monoisotopic (exact) mass is 341 g/mol. The summed E-state index contributed by atoms with van der Waals surface area (Å²) < 4.78 is 14.4. The van der Waals surface area contributed by atoms with Crippen molar-refractivity contribution >= 4 is 15.9 Å². The molecule has 1 saturated carbocycles. The van der Waals surface area contributed by atoms with E-state index in [9.17, 15) is 4.39 Å². The summed E-state index contributed by atoms with van der Waals surface area (Å²) >= 11 is 3.39. The summed E-state index contributed by atoms with van der Waals surface area (Å²) in [5.74, 6) is 1.35. The molecule has 1 aliphatic rings. The van der Waals surface area contributed by atoms with Gasteiger partial charge in [-0.3, -0.25) is 0 Å². The van der Waals surface area contributed by atoms with Gasteiger partial charge in [0.15, 0.2) is 0 Å². The smallest absolute Gasteiger partial charge is 0.124 e. The van der Waals surface area contributed by atoms with Gasteiger partial charge in [0, 0.05) is 10.5 Å². The molecule has 0 aromatic heterocycles. The summed E-state index contributed by atoms with van der Waals surface area (Å²) in [4.78, 5) is 0. The van der Waals surface area contributed by atoms with Crippen LogP contribution in [0.2, 0.25) is 0 Å². The quantitative estimate of drug-likeness (QED) is 0.772. The normalized spacial score (nSPS) is 24.0. The molecule has 2 rings (SSSR count). The molecule has 1 aromatic rings. The second kappa shape index (κ2) is 7.56. The predicted molar refractivity (Wildman–Crippen MR) is 86.4 cm³/mol. The van der Waals surface area contributed by atoms with E-state index in [4.69, 9.17) is 0 Å². The Morgan fingerprint density at radius 2 is 2.15 bits per heavy atom. The van der Waals surface area contributed by atoms with Gasteiger partial charge in [-0.1, -0.05) is 42.6 Å². The molecule has 3 atom stereocenters. The van der Waals surface area contributed by atoms with E-state index in [-0.39, 0.29) is 5.82 Å². The molecule has 1 aliphatic carbocycles. The molecule has 1 aromatic carbocycles. The van der Waals surface area contributed by atoms with Crippen LogP contribution in [-0.2, 0) is 6.42 Å². The minimum Gasteiger partial charge on any atom is -0.313 e. The first-order chi connectivity index (χ1) is 9.60. The molecule has 0 saturated heterocycles. The third kappa shape index (κ3) is 4.29. The molecular weight excluding hydrogens is 317 g/mol. The van der Waals surface area contributed by atoms with E-state index in [1.165, 1.54) is 25.3 Å². The van der Waals surface area contributed by atoms with Crippen LogP contribution >= 0.6 is 15.9 Å². The van der Waals surface area contributed by atoms with Gasteiger partial charge >= 0.3 is 0 Å². The second-order valence-corrected chi connectivity index (χ2v) is 7.03. The fourth-order valence-electron chi connectivity index (χ4n) is 3.46. The summed E-state index contributed by atoms with van der Waals surface area (Å²) in [7, 11) is 0. The maximum atomic E-state index is 13.5. The van der Waals surface area contributed by atoms with Gasteiger partial charge in [0.1, 0.15) is 5.82 Å². The first kappa shape index (κ1) is 16.0. The van der Waals surface area contributed by atoms with Gasteiger partial charge in [0.25, 0.3) is 0 Å². The molecule has 1 N–H and O–H groups in total. The minimum atomic E-state index is -0.150. The van der Waals surface area contributed by atoms with Gasteiger partial charge in [-0.15, -0.1) is 0 Å². The lowest BCUT2D eigenvalue weighted by atomic mass is 9.86. The van der Waals surface area contributed by atoms with Crippen molar-refractivity contribution < 1.29 is 4.39 Å². The second-order valence-electron chi connectivity index (χ2n) is 6.11. The van der Waals surface area contributed by atoms with E-state index in [1.54, 1.807) is 6.07 Å². The maximum absolute atomic E-state index is 13.5. The summed E-state index contributed by atoms with van der Waals surface area (Å²) in [6.45, 7) is 5.60. The topological polar surface area (TPSA) is 12.0 Å². The molecule has 1 fully saturated rings. The Morgan fingerprint density at radius 1 is 1.35 bits per heavy atom. The first-order valence-corrected chi connectivity index (χ1v) is 8.57. The van der Waals surface area contributed by atoms with Crippen molar-refractivity contribution in [1.82, 2.24) is 5.32 Å².